The van der Waals surface area contributed by atoms with E-state index >= 15 is 0 Å². The lowest BCUT2D eigenvalue weighted by Gasteiger charge is -2.40. The van der Waals surface area contributed by atoms with Gasteiger partial charge in [0.05, 0.1) is 25.4 Å². The number of amides is 1. The fraction of sp³-hybridized carbons (Fsp3) is 0.677. The van der Waals surface area contributed by atoms with E-state index in [0.717, 1.165) is 109 Å². The molecule has 1 saturated heterocycles. The van der Waals surface area contributed by atoms with Gasteiger partial charge in [0.1, 0.15) is 24.4 Å². The second-order valence-electron chi connectivity index (χ2n) is 20.0. The summed E-state index contributed by atoms with van der Waals surface area (Å²) in [5.41, 5.74) is 0. The highest BCUT2D eigenvalue weighted by Crippen LogP contribution is 2.23. The van der Waals surface area contributed by atoms with E-state index in [1.807, 2.05) is 6.08 Å². The number of aliphatic hydroxyl groups is 5. The molecular weight excluding hydrogens is 923 g/mol. The second kappa shape index (κ2) is 53.0. The Morgan fingerprint density at radius 1 is 0.473 bits per heavy atom. The Balaban J connectivity index is 2.26. The molecule has 0 aromatic carbocycles. The minimum Gasteiger partial charge on any atom is -0.394 e. The Bertz CT molecular complexity index is 1570. The first-order chi connectivity index (χ1) is 36.3. The highest BCUT2D eigenvalue weighted by molar-refractivity contribution is 5.76. The molecule has 1 amide bonds. The monoisotopic (exact) mass is 1030 g/mol. The van der Waals surface area contributed by atoms with E-state index in [4.69, 9.17) is 9.47 Å². The van der Waals surface area contributed by atoms with Crippen molar-refractivity contribution in [2.24, 2.45) is 0 Å². The van der Waals surface area contributed by atoms with E-state index in [0.29, 0.717) is 6.42 Å². The number of unbranched alkanes of at least 4 members (excludes halogenated alkanes) is 21. The number of aliphatic hydroxyl groups excluding tert-OH is 5. The Morgan fingerprint density at radius 3 is 1.30 bits per heavy atom. The zero-order valence-electron chi connectivity index (χ0n) is 46.8. The summed E-state index contributed by atoms with van der Waals surface area (Å²) in [6.07, 6.45) is 72.6. The third kappa shape index (κ3) is 41.8. The maximum atomic E-state index is 13.1. The number of allylic oxidation sites excluding steroid dienone is 19. The Morgan fingerprint density at radius 2 is 0.851 bits per heavy atom. The Labute approximate surface area is 452 Å². The molecule has 1 aliphatic heterocycles. The Kier molecular flexibility index (Phi) is 49.1. The van der Waals surface area contributed by atoms with Crippen LogP contribution >= 0.6 is 0 Å². The number of rotatable bonds is 49. The van der Waals surface area contributed by atoms with Gasteiger partial charge < -0.3 is 40.3 Å². The van der Waals surface area contributed by atoms with Crippen LogP contribution in [0.3, 0.4) is 0 Å². The van der Waals surface area contributed by atoms with Crippen LogP contribution < -0.4 is 5.32 Å². The van der Waals surface area contributed by atoms with Crippen LogP contribution in [0.1, 0.15) is 226 Å². The first-order valence-electron chi connectivity index (χ1n) is 29.8. The molecule has 0 bridgehead atoms. The number of hydrogen-bond donors (Lipinski definition) is 6. The predicted octanol–water partition coefficient (Wildman–Crippen LogP) is 15.1. The minimum atomic E-state index is -1.58. The molecule has 1 aliphatic rings. The molecule has 7 unspecified atom stereocenters. The zero-order valence-corrected chi connectivity index (χ0v) is 46.8. The number of carbonyl (C=O) groups excluding carboxylic acids is 1. The van der Waals surface area contributed by atoms with E-state index in [9.17, 15) is 30.3 Å². The van der Waals surface area contributed by atoms with Crippen molar-refractivity contribution in [2.45, 2.75) is 269 Å². The summed E-state index contributed by atoms with van der Waals surface area (Å²) >= 11 is 0. The fourth-order valence-electron chi connectivity index (χ4n) is 8.58. The largest absolute Gasteiger partial charge is 0.394 e. The average molecular weight is 1030 g/mol. The molecule has 1 rings (SSSR count). The van der Waals surface area contributed by atoms with Crippen LogP contribution in [0.2, 0.25) is 0 Å². The predicted molar refractivity (Wildman–Crippen MR) is 313 cm³/mol. The van der Waals surface area contributed by atoms with Gasteiger partial charge in [-0.3, -0.25) is 4.79 Å². The highest BCUT2D eigenvalue weighted by Gasteiger charge is 2.44. The summed E-state index contributed by atoms with van der Waals surface area (Å²) in [6, 6.07) is -0.841. The van der Waals surface area contributed by atoms with Crippen molar-refractivity contribution < 1.29 is 39.8 Å². The molecule has 0 aliphatic carbocycles. The van der Waals surface area contributed by atoms with Gasteiger partial charge >= 0.3 is 0 Å². The van der Waals surface area contributed by atoms with E-state index in [-0.39, 0.29) is 12.5 Å². The van der Waals surface area contributed by atoms with Crippen LogP contribution in [-0.2, 0) is 14.3 Å². The van der Waals surface area contributed by atoms with Crippen molar-refractivity contribution in [3.8, 4) is 0 Å². The zero-order chi connectivity index (χ0) is 53.6. The van der Waals surface area contributed by atoms with Gasteiger partial charge in [0.25, 0.3) is 0 Å². The molecule has 0 saturated carbocycles. The van der Waals surface area contributed by atoms with E-state index in [2.05, 4.69) is 129 Å². The summed E-state index contributed by atoms with van der Waals surface area (Å²) in [7, 11) is 0. The van der Waals surface area contributed by atoms with Crippen molar-refractivity contribution >= 4 is 5.91 Å². The topological polar surface area (TPSA) is 149 Å². The minimum absolute atomic E-state index is 0.202. The van der Waals surface area contributed by atoms with Gasteiger partial charge in [0.15, 0.2) is 6.29 Å². The first-order valence-corrected chi connectivity index (χ1v) is 29.8. The molecular formula is C65H109NO8. The standard InChI is InChI=1S/C65H109NO8/c1-3-5-7-9-11-13-15-17-19-21-23-25-26-27-28-29-30-31-32-33-34-35-37-39-41-43-45-47-49-51-53-55-61(69)66-58(57-73-65-64(72)63(71)62(70)60(56-67)74-65)59(68)54-52-50-48-46-44-42-40-38-36-24-22-20-18-16-14-12-10-8-6-4-2/h5,7,11,13,17,19,23,25,27-28,30-31,33-34,36,38,44,46,52,54,58-60,62-65,67-68,70-72H,3-4,6,8-10,12,14-16,18,20-22,24,26,29,32,35,37,39-43,45,47-51,53,55-57H2,1-2H3,(H,66,69)/b7-5-,13-11-,19-17-,25-23-,28-27-,31-30-,34-33-,38-36+,46-44+,54-52+. The molecule has 1 heterocycles. The van der Waals surface area contributed by atoms with Crippen molar-refractivity contribution in [3.63, 3.8) is 0 Å². The molecule has 9 heteroatoms. The van der Waals surface area contributed by atoms with Gasteiger partial charge in [0, 0.05) is 6.42 Å². The molecule has 422 valence electrons. The van der Waals surface area contributed by atoms with Crippen LogP contribution in [0.4, 0.5) is 0 Å². The fourth-order valence-corrected chi connectivity index (χ4v) is 8.58. The van der Waals surface area contributed by atoms with E-state index in [1.165, 1.54) is 96.3 Å². The summed E-state index contributed by atoms with van der Waals surface area (Å²) in [6.45, 7) is 3.63. The maximum absolute atomic E-state index is 13.1. The lowest BCUT2D eigenvalue weighted by Crippen LogP contribution is -2.60. The molecule has 6 N–H and O–H groups in total. The number of carbonyl (C=O) groups is 1. The van der Waals surface area contributed by atoms with E-state index < -0.39 is 49.5 Å². The summed E-state index contributed by atoms with van der Waals surface area (Å²) in [5, 5.41) is 54.5. The van der Waals surface area contributed by atoms with Gasteiger partial charge in [0.2, 0.25) is 5.91 Å². The SMILES string of the molecule is CC/C=C\C/C=C\C/C=C\C/C=C\C/C=C\C/C=C\C/C=C\CCCCCCCCCCCC(=O)NC(COC1OC(CO)C(O)C(O)C1O)C(O)/C=C/CC/C=C/CC/C=C/CCCCCCCCCCCC. The number of hydrogen-bond acceptors (Lipinski definition) is 8. The quantitative estimate of drug-likeness (QED) is 0.0261. The number of ether oxygens (including phenoxy) is 2. The van der Waals surface area contributed by atoms with Crippen molar-refractivity contribution in [1.29, 1.82) is 0 Å². The van der Waals surface area contributed by atoms with Crippen molar-refractivity contribution in [3.05, 3.63) is 122 Å². The summed E-state index contributed by atoms with van der Waals surface area (Å²) in [4.78, 5) is 13.1. The Hall–Kier alpha value is -3.41. The van der Waals surface area contributed by atoms with Crippen LogP contribution in [0.5, 0.6) is 0 Å². The van der Waals surface area contributed by atoms with Gasteiger partial charge in [-0.25, -0.2) is 0 Å². The molecule has 0 spiro atoms. The molecule has 0 aromatic heterocycles. The molecule has 0 aromatic rings. The maximum Gasteiger partial charge on any atom is 0.220 e. The van der Waals surface area contributed by atoms with Crippen LogP contribution in [0, 0.1) is 0 Å². The van der Waals surface area contributed by atoms with Crippen LogP contribution in [0.15, 0.2) is 122 Å². The molecule has 0 radical (unpaired) electrons. The molecule has 7 atom stereocenters. The smallest absolute Gasteiger partial charge is 0.220 e. The summed E-state index contributed by atoms with van der Waals surface area (Å²) < 4.78 is 11.3. The third-order valence-electron chi connectivity index (χ3n) is 13.2. The van der Waals surface area contributed by atoms with Crippen molar-refractivity contribution in [1.82, 2.24) is 5.32 Å². The van der Waals surface area contributed by atoms with E-state index in [1.54, 1.807) is 6.08 Å². The van der Waals surface area contributed by atoms with Gasteiger partial charge in [-0.05, 0) is 103 Å². The lowest BCUT2D eigenvalue weighted by atomic mass is 9.99. The van der Waals surface area contributed by atoms with Gasteiger partial charge in [-0.2, -0.15) is 0 Å². The van der Waals surface area contributed by atoms with Crippen molar-refractivity contribution in [2.75, 3.05) is 13.2 Å². The first kappa shape index (κ1) is 68.6. The third-order valence-corrected chi connectivity index (χ3v) is 13.2. The average Bonchev–Trinajstić information content (AvgIpc) is 3.40. The molecule has 1 fully saturated rings. The van der Waals surface area contributed by atoms with Crippen LogP contribution in [0.25, 0.3) is 0 Å². The molecule has 74 heavy (non-hydrogen) atoms. The normalized spacial score (nSPS) is 19.9. The van der Waals surface area contributed by atoms with Crippen LogP contribution in [-0.4, -0.2) is 87.5 Å². The summed E-state index contributed by atoms with van der Waals surface area (Å²) in [5.74, 6) is -0.202. The second-order valence-corrected chi connectivity index (χ2v) is 20.0. The number of nitrogens with one attached hydrogen (secondary N) is 1. The lowest BCUT2D eigenvalue weighted by molar-refractivity contribution is -0.302. The highest BCUT2D eigenvalue weighted by atomic mass is 16.7. The van der Waals surface area contributed by atoms with Gasteiger partial charge in [-0.1, -0.05) is 238 Å². The molecule has 9 nitrogen and oxygen atoms in total. The van der Waals surface area contributed by atoms with Gasteiger partial charge in [-0.15, -0.1) is 0 Å².